The summed E-state index contributed by atoms with van der Waals surface area (Å²) in [5.74, 6) is 0.376. The van der Waals surface area contributed by atoms with Crippen molar-refractivity contribution in [1.82, 2.24) is 9.71 Å². The number of carbonyl (C=O) groups excluding carboxylic acids is 1. The van der Waals surface area contributed by atoms with Crippen molar-refractivity contribution in [3.05, 3.63) is 41.4 Å². The summed E-state index contributed by atoms with van der Waals surface area (Å²) in [5.41, 5.74) is -1.03. The van der Waals surface area contributed by atoms with E-state index in [9.17, 15) is 13.2 Å². The number of sulfonamides is 1. The molecule has 3 heterocycles. The number of ether oxygens (including phenoxy) is 2. The Balaban J connectivity index is 1.22. The molecule has 1 aromatic heterocycles. The van der Waals surface area contributed by atoms with E-state index in [0.29, 0.717) is 36.0 Å². The molecule has 2 aliphatic carbocycles. The summed E-state index contributed by atoms with van der Waals surface area (Å²) in [6, 6.07) is 10.3. The molecule has 11 heteroatoms. The zero-order valence-electron chi connectivity index (χ0n) is 23.1. The summed E-state index contributed by atoms with van der Waals surface area (Å²) in [6.07, 6.45) is 7.19. The highest BCUT2D eigenvalue weighted by Gasteiger charge is 2.55. The number of halogens is 1. The van der Waals surface area contributed by atoms with Crippen LogP contribution in [0.3, 0.4) is 0 Å². The third-order valence-corrected chi connectivity index (χ3v) is 9.85. The lowest BCUT2D eigenvalue weighted by molar-refractivity contribution is -0.148. The van der Waals surface area contributed by atoms with Crippen LogP contribution in [0.15, 0.2) is 41.4 Å². The Hall–Kier alpha value is -2.56. The number of hydrogen-bond donors (Lipinski definition) is 1. The highest BCUT2D eigenvalue weighted by molar-refractivity contribution is 7.90. The molecule has 1 aromatic carbocycles. The van der Waals surface area contributed by atoms with Crippen LogP contribution in [0, 0.1) is 0 Å². The SMILES string of the molecule is CC1(C)CN(c2ccc(Cl)cc2OC2(C(=O)NS(=O)(=O)c3cccc(N4CCCC4)n3)CC2)CC2(CCCC2)O1. The fourth-order valence-electron chi connectivity index (χ4n) is 6.44. The van der Waals surface area contributed by atoms with Gasteiger partial charge in [-0.05, 0) is 63.8 Å². The standard InChI is InChI=1S/C29H37ClN4O5S/c1-27(2)19-34(20-28(39-27)12-3-4-13-28)22-11-10-21(30)18-23(22)38-29(14-15-29)26(35)32-40(36,37)25-9-7-8-24(31-25)33-16-5-6-17-33/h7-11,18H,3-6,12-17,19-20H2,1-2H3,(H,32,35). The topological polar surface area (TPSA) is 101 Å². The smallest absolute Gasteiger partial charge is 0.281 e. The molecule has 6 rings (SSSR count). The van der Waals surface area contributed by atoms with Gasteiger partial charge in [0.1, 0.15) is 11.6 Å². The summed E-state index contributed by atoms with van der Waals surface area (Å²) >= 11 is 6.38. The predicted octanol–water partition coefficient (Wildman–Crippen LogP) is 4.68. The predicted molar refractivity (Wildman–Crippen MR) is 154 cm³/mol. The van der Waals surface area contributed by atoms with Gasteiger partial charge in [0, 0.05) is 50.1 Å². The van der Waals surface area contributed by atoms with E-state index in [-0.39, 0.29) is 16.2 Å². The van der Waals surface area contributed by atoms with Crippen LogP contribution >= 0.6 is 11.6 Å². The number of aromatic nitrogens is 1. The summed E-state index contributed by atoms with van der Waals surface area (Å²) in [7, 11) is -4.19. The summed E-state index contributed by atoms with van der Waals surface area (Å²) < 4.78 is 41.6. The molecule has 0 unspecified atom stereocenters. The normalized spacial score (nSPS) is 22.9. The van der Waals surface area contributed by atoms with E-state index < -0.39 is 21.5 Å². The van der Waals surface area contributed by atoms with Crippen molar-refractivity contribution in [2.75, 3.05) is 36.0 Å². The third-order valence-electron chi connectivity index (χ3n) is 8.39. The van der Waals surface area contributed by atoms with E-state index >= 15 is 0 Å². The van der Waals surface area contributed by atoms with Gasteiger partial charge in [-0.2, -0.15) is 8.42 Å². The molecule has 40 heavy (non-hydrogen) atoms. The second-order valence-corrected chi connectivity index (χ2v) is 14.3. The van der Waals surface area contributed by atoms with Crippen LogP contribution in [0.2, 0.25) is 5.02 Å². The second-order valence-electron chi connectivity index (χ2n) is 12.3. The molecule has 1 N–H and O–H groups in total. The van der Waals surface area contributed by atoms with E-state index in [1.165, 1.54) is 6.07 Å². The number of nitrogens with one attached hydrogen (secondary N) is 1. The monoisotopic (exact) mass is 588 g/mol. The van der Waals surface area contributed by atoms with Crippen molar-refractivity contribution < 1.29 is 22.7 Å². The van der Waals surface area contributed by atoms with Crippen LogP contribution in [0.4, 0.5) is 11.5 Å². The van der Waals surface area contributed by atoms with Crippen LogP contribution < -0.4 is 19.3 Å². The molecule has 0 radical (unpaired) electrons. The number of nitrogens with zero attached hydrogens (tertiary/aromatic N) is 3. The van der Waals surface area contributed by atoms with Crippen molar-refractivity contribution in [2.45, 2.75) is 87.0 Å². The first kappa shape index (κ1) is 27.6. The third kappa shape index (κ3) is 5.50. The van der Waals surface area contributed by atoms with Gasteiger partial charge in [0.25, 0.3) is 15.9 Å². The van der Waals surface area contributed by atoms with E-state index in [0.717, 1.165) is 63.8 Å². The van der Waals surface area contributed by atoms with Gasteiger partial charge in [0.2, 0.25) is 0 Å². The lowest BCUT2D eigenvalue weighted by Crippen LogP contribution is -2.59. The van der Waals surface area contributed by atoms with Gasteiger partial charge in [-0.25, -0.2) is 9.71 Å². The molecule has 2 saturated heterocycles. The number of rotatable bonds is 7. The molecule has 9 nitrogen and oxygen atoms in total. The molecule has 0 bridgehead atoms. The number of benzene rings is 1. The lowest BCUT2D eigenvalue weighted by atomic mass is 9.93. The van der Waals surface area contributed by atoms with Crippen molar-refractivity contribution >= 4 is 39.0 Å². The van der Waals surface area contributed by atoms with Gasteiger partial charge in [-0.3, -0.25) is 4.79 Å². The molecule has 1 spiro atoms. The van der Waals surface area contributed by atoms with Gasteiger partial charge < -0.3 is 19.3 Å². The highest BCUT2D eigenvalue weighted by Crippen LogP contribution is 2.47. The minimum absolute atomic E-state index is 0.179. The van der Waals surface area contributed by atoms with Gasteiger partial charge in [0.05, 0.1) is 16.9 Å². The molecular formula is C29H37ClN4O5S. The maximum Gasteiger partial charge on any atom is 0.281 e. The van der Waals surface area contributed by atoms with Gasteiger partial charge in [-0.1, -0.05) is 30.5 Å². The fraction of sp³-hybridized carbons (Fsp3) is 0.586. The van der Waals surface area contributed by atoms with Crippen molar-refractivity contribution in [3.63, 3.8) is 0 Å². The molecule has 1 amide bonds. The number of anilines is 2. The number of morpholine rings is 1. The molecule has 2 saturated carbocycles. The molecular weight excluding hydrogens is 552 g/mol. The largest absolute Gasteiger partial charge is 0.475 e. The Bertz CT molecular complexity index is 1400. The fourth-order valence-corrected chi connectivity index (χ4v) is 7.61. The minimum Gasteiger partial charge on any atom is -0.475 e. The van der Waals surface area contributed by atoms with E-state index in [1.54, 1.807) is 18.2 Å². The van der Waals surface area contributed by atoms with Gasteiger partial charge in [0.15, 0.2) is 10.6 Å². The first-order chi connectivity index (χ1) is 19.0. The maximum absolute atomic E-state index is 13.4. The van der Waals surface area contributed by atoms with Crippen LogP contribution in [-0.4, -0.2) is 62.3 Å². The van der Waals surface area contributed by atoms with Crippen LogP contribution in [0.1, 0.15) is 65.2 Å². The zero-order valence-corrected chi connectivity index (χ0v) is 24.7. The second kappa shape index (κ2) is 10.1. The van der Waals surface area contributed by atoms with E-state index in [4.69, 9.17) is 21.1 Å². The Kier molecular flexibility index (Phi) is 6.94. The van der Waals surface area contributed by atoms with Crippen LogP contribution in [0.25, 0.3) is 0 Å². The Labute approximate surface area is 241 Å². The summed E-state index contributed by atoms with van der Waals surface area (Å²) in [6.45, 7) is 7.25. The zero-order chi connectivity index (χ0) is 28.2. The Morgan fingerprint density at radius 1 is 1.00 bits per heavy atom. The average molecular weight is 589 g/mol. The molecule has 2 aromatic rings. The number of hydrogen-bond acceptors (Lipinski definition) is 8. The first-order valence-electron chi connectivity index (χ1n) is 14.2. The van der Waals surface area contributed by atoms with Crippen molar-refractivity contribution in [3.8, 4) is 5.75 Å². The van der Waals surface area contributed by atoms with E-state index in [1.807, 2.05) is 12.1 Å². The molecule has 4 aliphatic rings. The van der Waals surface area contributed by atoms with Crippen LogP contribution in [0.5, 0.6) is 5.75 Å². The maximum atomic E-state index is 13.4. The van der Waals surface area contributed by atoms with Crippen molar-refractivity contribution in [2.24, 2.45) is 0 Å². The Morgan fingerprint density at radius 3 is 2.42 bits per heavy atom. The van der Waals surface area contributed by atoms with Gasteiger partial charge >= 0.3 is 0 Å². The first-order valence-corrected chi connectivity index (χ1v) is 16.1. The quantitative estimate of drug-likeness (QED) is 0.498. The van der Waals surface area contributed by atoms with Gasteiger partial charge in [-0.15, -0.1) is 0 Å². The minimum atomic E-state index is -4.19. The Morgan fingerprint density at radius 2 is 1.73 bits per heavy atom. The van der Waals surface area contributed by atoms with E-state index in [2.05, 4.69) is 33.4 Å². The van der Waals surface area contributed by atoms with Crippen LogP contribution in [-0.2, 0) is 19.6 Å². The molecule has 0 atom stereocenters. The molecule has 216 valence electrons. The molecule has 2 aliphatic heterocycles. The lowest BCUT2D eigenvalue weighted by Gasteiger charge is -2.50. The summed E-state index contributed by atoms with van der Waals surface area (Å²) in [4.78, 5) is 22.1. The highest BCUT2D eigenvalue weighted by atomic mass is 35.5. The average Bonchev–Trinajstić information content (AvgIpc) is 3.26. The van der Waals surface area contributed by atoms with Crippen molar-refractivity contribution in [1.29, 1.82) is 0 Å². The number of carbonyl (C=O) groups is 1. The number of pyridine rings is 1. The number of amides is 1. The molecule has 4 fully saturated rings. The summed E-state index contributed by atoms with van der Waals surface area (Å²) in [5, 5.41) is 0.301.